The summed E-state index contributed by atoms with van der Waals surface area (Å²) in [6.45, 7) is 6.18. The van der Waals surface area contributed by atoms with Gasteiger partial charge in [-0.05, 0) is 18.5 Å². The lowest BCUT2D eigenvalue weighted by Crippen LogP contribution is -2.29. The van der Waals surface area contributed by atoms with Gasteiger partial charge >= 0.3 is 0 Å². The molecule has 0 aliphatic heterocycles. The van der Waals surface area contributed by atoms with Crippen molar-refractivity contribution in [2.75, 3.05) is 19.7 Å². The van der Waals surface area contributed by atoms with E-state index in [9.17, 15) is 4.79 Å². The minimum atomic E-state index is -0.215. The topological polar surface area (TPSA) is 50.4 Å². The first-order valence-electron chi connectivity index (χ1n) is 6.75. The Labute approximate surface area is 120 Å². The SMILES string of the molecule is C#CCNC(=O)COc1ccccc1CNCC(C)C. The van der Waals surface area contributed by atoms with Crippen LogP contribution >= 0.6 is 0 Å². The average molecular weight is 274 g/mol. The summed E-state index contributed by atoms with van der Waals surface area (Å²) in [4.78, 5) is 11.4. The molecule has 0 spiro atoms. The van der Waals surface area contributed by atoms with Crippen molar-refractivity contribution in [3.8, 4) is 18.1 Å². The Morgan fingerprint density at radius 1 is 1.40 bits per heavy atom. The van der Waals surface area contributed by atoms with E-state index < -0.39 is 0 Å². The van der Waals surface area contributed by atoms with Crippen molar-refractivity contribution in [2.24, 2.45) is 5.92 Å². The highest BCUT2D eigenvalue weighted by atomic mass is 16.5. The van der Waals surface area contributed by atoms with Crippen molar-refractivity contribution >= 4 is 5.91 Å². The molecule has 2 N–H and O–H groups in total. The van der Waals surface area contributed by atoms with Crippen LogP contribution in [-0.4, -0.2) is 25.6 Å². The third-order valence-corrected chi connectivity index (χ3v) is 2.59. The van der Waals surface area contributed by atoms with Gasteiger partial charge in [0.25, 0.3) is 5.91 Å². The van der Waals surface area contributed by atoms with E-state index in [1.807, 2.05) is 24.3 Å². The molecular weight excluding hydrogens is 252 g/mol. The Hall–Kier alpha value is -1.99. The first kappa shape index (κ1) is 16.1. The molecular formula is C16H22N2O2. The highest BCUT2D eigenvalue weighted by Gasteiger charge is 2.06. The fourth-order valence-electron chi connectivity index (χ4n) is 1.63. The Balaban J connectivity index is 2.48. The van der Waals surface area contributed by atoms with E-state index >= 15 is 0 Å². The molecule has 1 rings (SSSR count). The number of hydrogen-bond acceptors (Lipinski definition) is 3. The van der Waals surface area contributed by atoms with Gasteiger partial charge in [-0.2, -0.15) is 0 Å². The molecule has 0 saturated heterocycles. The van der Waals surface area contributed by atoms with Crippen LogP contribution in [0.1, 0.15) is 19.4 Å². The molecule has 108 valence electrons. The van der Waals surface area contributed by atoms with Gasteiger partial charge in [0.2, 0.25) is 0 Å². The Morgan fingerprint density at radius 2 is 2.15 bits per heavy atom. The van der Waals surface area contributed by atoms with Crippen LogP contribution in [0.4, 0.5) is 0 Å². The van der Waals surface area contributed by atoms with Crippen LogP contribution in [0.5, 0.6) is 5.75 Å². The lowest BCUT2D eigenvalue weighted by molar-refractivity contribution is -0.122. The Bertz CT molecular complexity index is 464. The van der Waals surface area contributed by atoms with Crippen molar-refractivity contribution in [1.82, 2.24) is 10.6 Å². The number of ether oxygens (including phenoxy) is 1. The van der Waals surface area contributed by atoms with E-state index in [-0.39, 0.29) is 19.1 Å². The lowest BCUT2D eigenvalue weighted by atomic mass is 10.2. The van der Waals surface area contributed by atoms with E-state index in [0.717, 1.165) is 24.4 Å². The molecule has 0 heterocycles. The summed E-state index contributed by atoms with van der Waals surface area (Å²) in [7, 11) is 0. The van der Waals surface area contributed by atoms with Crippen LogP contribution < -0.4 is 15.4 Å². The Kier molecular flexibility index (Phi) is 7.23. The van der Waals surface area contributed by atoms with Gasteiger partial charge in [0.1, 0.15) is 5.75 Å². The minimum absolute atomic E-state index is 0.0249. The average Bonchev–Trinajstić information content (AvgIpc) is 2.43. The van der Waals surface area contributed by atoms with Gasteiger partial charge in [-0.25, -0.2) is 0 Å². The predicted octanol–water partition coefficient (Wildman–Crippen LogP) is 1.56. The number of amides is 1. The molecule has 4 heteroatoms. The van der Waals surface area contributed by atoms with Crippen molar-refractivity contribution in [3.63, 3.8) is 0 Å². The molecule has 20 heavy (non-hydrogen) atoms. The van der Waals surface area contributed by atoms with Crippen LogP contribution in [-0.2, 0) is 11.3 Å². The fourth-order valence-corrected chi connectivity index (χ4v) is 1.63. The standard InChI is InChI=1S/C16H22N2O2/c1-4-9-18-16(19)12-20-15-8-6-5-7-14(15)11-17-10-13(2)3/h1,5-8,13,17H,9-12H2,2-3H3,(H,18,19). The molecule has 1 aromatic rings. The summed E-state index contributed by atoms with van der Waals surface area (Å²) in [5.41, 5.74) is 1.04. The van der Waals surface area contributed by atoms with Gasteiger partial charge in [-0.15, -0.1) is 6.42 Å². The highest BCUT2D eigenvalue weighted by Crippen LogP contribution is 2.17. The molecule has 0 atom stereocenters. The molecule has 0 bridgehead atoms. The number of nitrogens with one attached hydrogen (secondary N) is 2. The first-order chi connectivity index (χ1) is 9.63. The molecule has 4 nitrogen and oxygen atoms in total. The highest BCUT2D eigenvalue weighted by molar-refractivity contribution is 5.77. The summed E-state index contributed by atoms with van der Waals surface area (Å²) in [6, 6.07) is 7.70. The zero-order valence-corrected chi connectivity index (χ0v) is 12.1. The summed E-state index contributed by atoms with van der Waals surface area (Å²) >= 11 is 0. The van der Waals surface area contributed by atoms with Crippen molar-refractivity contribution in [1.29, 1.82) is 0 Å². The number of rotatable bonds is 8. The minimum Gasteiger partial charge on any atom is -0.483 e. The molecule has 0 unspecified atom stereocenters. The summed E-state index contributed by atoms with van der Waals surface area (Å²) < 4.78 is 5.53. The third kappa shape index (κ3) is 6.26. The summed E-state index contributed by atoms with van der Waals surface area (Å²) in [5, 5.41) is 5.92. The number of para-hydroxylation sites is 1. The van der Waals surface area contributed by atoms with Crippen molar-refractivity contribution < 1.29 is 9.53 Å². The normalized spacial score (nSPS) is 10.1. The van der Waals surface area contributed by atoms with Crippen LogP contribution in [0.15, 0.2) is 24.3 Å². The molecule has 0 aliphatic carbocycles. The Morgan fingerprint density at radius 3 is 2.85 bits per heavy atom. The molecule has 0 fully saturated rings. The van der Waals surface area contributed by atoms with E-state index in [2.05, 4.69) is 30.4 Å². The lowest BCUT2D eigenvalue weighted by Gasteiger charge is -2.12. The molecule has 0 radical (unpaired) electrons. The molecule has 0 saturated carbocycles. The smallest absolute Gasteiger partial charge is 0.258 e. The number of carbonyl (C=O) groups is 1. The van der Waals surface area contributed by atoms with E-state index in [1.165, 1.54) is 0 Å². The zero-order valence-electron chi connectivity index (χ0n) is 12.1. The monoisotopic (exact) mass is 274 g/mol. The summed E-state index contributed by atoms with van der Waals surface area (Å²) in [5.74, 6) is 3.45. The maximum absolute atomic E-state index is 11.4. The van der Waals surface area contributed by atoms with Crippen LogP contribution in [0, 0.1) is 18.3 Å². The quantitative estimate of drug-likeness (QED) is 0.707. The number of benzene rings is 1. The van der Waals surface area contributed by atoms with Crippen molar-refractivity contribution in [2.45, 2.75) is 20.4 Å². The molecule has 1 amide bonds. The number of carbonyl (C=O) groups excluding carboxylic acids is 1. The zero-order chi connectivity index (χ0) is 14.8. The first-order valence-corrected chi connectivity index (χ1v) is 6.75. The van der Waals surface area contributed by atoms with Crippen LogP contribution in [0.3, 0.4) is 0 Å². The second kappa shape index (κ2) is 9.00. The van der Waals surface area contributed by atoms with Gasteiger partial charge in [-0.1, -0.05) is 38.0 Å². The van der Waals surface area contributed by atoms with E-state index in [0.29, 0.717) is 5.92 Å². The van der Waals surface area contributed by atoms with Gasteiger partial charge in [-0.3, -0.25) is 4.79 Å². The third-order valence-electron chi connectivity index (χ3n) is 2.59. The van der Waals surface area contributed by atoms with Crippen LogP contribution in [0.25, 0.3) is 0 Å². The van der Waals surface area contributed by atoms with Crippen molar-refractivity contribution in [3.05, 3.63) is 29.8 Å². The van der Waals surface area contributed by atoms with E-state index in [1.54, 1.807) is 0 Å². The second-order valence-electron chi connectivity index (χ2n) is 4.90. The van der Waals surface area contributed by atoms with Gasteiger partial charge in [0.05, 0.1) is 6.54 Å². The van der Waals surface area contributed by atoms with Gasteiger partial charge in [0, 0.05) is 12.1 Å². The largest absolute Gasteiger partial charge is 0.483 e. The van der Waals surface area contributed by atoms with Gasteiger partial charge < -0.3 is 15.4 Å². The number of terminal acetylenes is 1. The predicted molar refractivity (Wildman–Crippen MR) is 80.3 cm³/mol. The molecule has 0 aromatic heterocycles. The maximum Gasteiger partial charge on any atom is 0.258 e. The molecule has 1 aromatic carbocycles. The molecule has 0 aliphatic rings. The maximum atomic E-state index is 11.4. The second-order valence-corrected chi connectivity index (χ2v) is 4.90. The van der Waals surface area contributed by atoms with Crippen LogP contribution in [0.2, 0.25) is 0 Å². The van der Waals surface area contributed by atoms with Gasteiger partial charge in [0.15, 0.2) is 6.61 Å². The number of hydrogen-bond donors (Lipinski definition) is 2. The fraction of sp³-hybridized carbons (Fsp3) is 0.438. The van der Waals surface area contributed by atoms with E-state index in [4.69, 9.17) is 11.2 Å². The summed E-state index contributed by atoms with van der Waals surface area (Å²) in [6.07, 6.45) is 5.07.